The number of unbranched alkanes of at least 4 members (excludes halogenated alkanes) is 3. The Hall–Kier alpha value is -1.22. The van der Waals surface area contributed by atoms with Crippen LogP contribution in [0.1, 0.15) is 92.9 Å². The third kappa shape index (κ3) is 14.0. The highest BCUT2D eigenvalue weighted by atomic mass is 17.5. The van der Waals surface area contributed by atoms with Gasteiger partial charge in [-0.1, -0.05) is 26.7 Å². The average molecular weight is 378 g/mol. The summed E-state index contributed by atoms with van der Waals surface area (Å²) >= 11 is 0. The smallest absolute Gasteiger partial charge is 0.269 e. The third-order valence-electron chi connectivity index (χ3n) is 3.99. The molecule has 0 aromatic carbocycles. The highest BCUT2D eigenvalue weighted by Gasteiger charge is 2.19. The van der Waals surface area contributed by atoms with Crippen molar-refractivity contribution in [1.82, 2.24) is 0 Å². The first kappa shape index (κ1) is 24.8. The van der Waals surface area contributed by atoms with Gasteiger partial charge in [-0.3, -0.25) is 9.78 Å². The minimum atomic E-state index is -0.504. The molecule has 8 nitrogen and oxygen atoms in total. The van der Waals surface area contributed by atoms with Crippen LogP contribution in [0.25, 0.3) is 0 Å². The van der Waals surface area contributed by atoms with E-state index >= 15 is 0 Å². The van der Waals surface area contributed by atoms with E-state index in [0.29, 0.717) is 12.8 Å². The van der Waals surface area contributed by atoms with Crippen molar-refractivity contribution in [2.75, 3.05) is 0 Å². The molecular formula is C18H34O8. The third-order valence-corrected chi connectivity index (χ3v) is 3.99. The van der Waals surface area contributed by atoms with E-state index in [1.54, 1.807) is 0 Å². The van der Waals surface area contributed by atoms with Crippen LogP contribution in [0.5, 0.6) is 0 Å². The van der Waals surface area contributed by atoms with E-state index in [1.807, 2.05) is 41.5 Å². The Labute approximate surface area is 156 Å². The van der Waals surface area contributed by atoms with E-state index in [2.05, 4.69) is 19.9 Å². The molecule has 0 aliphatic heterocycles. The molecule has 0 rings (SSSR count). The summed E-state index contributed by atoms with van der Waals surface area (Å²) < 4.78 is 0. The lowest BCUT2D eigenvalue weighted by atomic mass is 10.1. The maximum absolute atomic E-state index is 11.5. The topological polar surface area (TPSA) is 89.5 Å². The molecule has 0 saturated carbocycles. The number of carbonyl (C=O) groups is 2. The first-order valence-corrected chi connectivity index (χ1v) is 9.22. The van der Waals surface area contributed by atoms with Gasteiger partial charge in [0.1, 0.15) is 11.2 Å². The van der Waals surface area contributed by atoms with Gasteiger partial charge in [-0.15, -0.1) is 0 Å². The summed E-state index contributed by atoms with van der Waals surface area (Å²) in [5.74, 6) is -0.971. The minimum Gasteiger partial charge on any atom is -0.269 e. The standard InChI is InChI=1S/C18H34O8/c1-7-17(3,4)23-25-21-15(19)13-11-9-10-12-14-16(20)22-26-24-18(5,6)8-2/h7-14H2,1-6H3. The lowest BCUT2D eigenvalue weighted by Gasteiger charge is -2.19. The van der Waals surface area contributed by atoms with Gasteiger partial charge < -0.3 is 0 Å². The summed E-state index contributed by atoms with van der Waals surface area (Å²) in [6.07, 6.45) is 4.74. The summed E-state index contributed by atoms with van der Waals surface area (Å²) in [7, 11) is 0. The molecule has 0 aromatic rings. The maximum Gasteiger partial charge on any atom is 0.345 e. The van der Waals surface area contributed by atoms with Crippen molar-refractivity contribution < 1.29 is 39.2 Å². The molecule has 0 radical (unpaired) electrons. The molecule has 26 heavy (non-hydrogen) atoms. The number of hydrogen-bond donors (Lipinski definition) is 0. The van der Waals surface area contributed by atoms with E-state index in [-0.39, 0.29) is 12.8 Å². The van der Waals surface area contributed by atoms with Crippen molar-refractivity contribution in [3.63, 3.8) is 0 Å². The van der Waals surface area contributed by atoms with E-state index in [1.165, 1.54) is 0 Å². The highest BCUT2D eigenvalue weighted by molar-refractivity contribution is 5.68. The van der Waals surface area contributed by atoms with Crippen molar-refractivity contribution in [1.29, 1.82) is 0 Å². The van der Waals surface area contributed by atoms with Crippen LogP contribution in [0, 0.1) is 0 Å². The molecule has 0 N–H and O–H groups in total. The van der Waals surface area contributed by atoms with Crippen LogP contribution in [-0.2, 0) is 39.2 Å². The second-order valence-electron chi connectivity index (χ2n) is 7.35. The Morgan fingerprint density at radius 2 is 1.00 bits per heavy atom. The van der Waals surface area contributed by atoms with Crippen LogP contribution >= 0.6 is 0 Å². The predicted molar refractivity (Wildman–Crippen MR) is 93.0 cm³/mol. The van der Waals surface area contributed by atoms with Crippen molar-refractivity contribution in [2.45, 2.75) is 104 Å². The van der Waals surface area contributed by atoms with Gasteiger partial charge >= 0.3 is 11.9 Å². The van der Waals surface area contributed by atoms with Gasteiger partial charge in [-0.25, -0.2) is 9.59 Å². The van der Waals surface area contributed by atoms with Gasteiger partial charge in [-0.05, 0) is 63.5 Å². The minimum absolute atomic E-state index is 0.226. The first-order valence-electron chi connectivity index (χ1n) is 9.22. The molecule has 0 saturated heterocycles. The van der Waals surface area contributed by atoms with Crippen LogP contribution in [0.15, 0.2) is 0 Å². The monoisotopic (exact) mass is 378 g/mol. The molecule has 0 aliphatic carbocycles. The molecule has 0 amide bonds. The molecule has 8 heteroatoms. The SMILES string of the molecule is CCC(C)(C)OOOC(=O)CCCCCCC(=O)OOOC(C)(C)CC. The molecule has 0 heterocycles. The van der Waals surface area contributed by atoms with Crippen LogP contribution in [0.2, 0.25) is 0 Å². The summed E-state index contributed by atoms with van der Waals surface area (Å²) in [4.78, 5) is 41.9. The van der Waals surface area contributed by atoms with Gasteiger partial charge in [-0.2, -0.15) is 9.78 Å². The zero-order valence-electron chi connectivity index (χ0n) is 16.9. The van der Waals surface area contributed by atoms with Crippen molar-refractivity contribution in [3.05, 3.63) is 0 Å². The van der Waals surface area contributed by atoms with Crippen LogP contribution in [-0.4, -0.2) is 23.1 Å². The predicted octanol–water partition coefficient (Wildman–Crippen LogP) is 4.52. The number of rotatable bonds is 15. The molecule has 0 fully saturated rings. The molecular weight excluding hydrogens is 344 g/mol. The Kier molecular flexibility index (Phi) is 12.4. The van der Waals surface area contributed by atoms with E-state index < -0.39 is 23.1 Å². The maximum atomic E-state index is 11.5. The molecule has 0 bridgehead atoms. The summed E-state index contributed by atoms with van der Waals surface area (Å²) in [5.41, 5.74) is -1.01. The average Bonchev–Trinajstić information content (AvgIpc) is 2.57. The van der Waals surface area contributed by atoms with Crippen LogP contribution < -0.4 is 0 Å². The number of carbonyl (C=O) groups excluding carboxylic acids is 2. The van der Waals surface area contributed by atoms with Gasteiger partial charge in [0.15, 0.2) is 0 Å². The Balaban J connectivity index is 3.55. The summed E-state index contributed by atoms with van der Waals surface area (Å²) in [5, 5.41) is 8.99. The molecule has 0 aliphatic rings. The zero-order chi connectivity index (χ0) is 20.1. The fraction of sp³-hybridized carbons (Fsp3) is 0.889. The fourth-order valence-corrected chi connectivity index (χ4v) is 1.39. The van der Waals surface area contributed by atoms with Crippen molar-refractivity contribution in [2.24, 2.45) is 0 Å². The largest absolute Gasteiger partial charge is 0.345 e. The fourth-order valence-electron chi connectivity index (χ4n) is 1.39. The summed E-state index contributed by atoms with van der Waals surface area (Å²) in [6, 6.07) is 0. The van der Waals surface area contributed by atoms with E-state index in [9.17, 15) is 9.59 Å². The van der Waals surface area contributed by atoms with Crippen LogP contribution in [0.4, 0.5) is 0 Å². The Bertz CT molecular complexity index is 368. The van der Waals surface area contributed by atoms with Gasteiger partial charge in [0.25, 0.3) is 0 Å². The molecule has 0 unspecified atom stereocenters. The second kappa shape index (κ2) is 13.0. The highest BCUT2D eigenvalue weighted by Crippen LogP contribution is 2.15. The first-order chi connectivity index (χ1) is 12.1. The van der Waals surface area contributed by atoms with Crippen LogP contribution in [0.3, 0.4) is 0 Å². The Morgan fingerprint density at radius 3 is 1.31 bits per heavy atom. The van der Waals surface area contributed by atoms with Crippen molar-refractivity contribution in [3.8, 4) is 0 Å². The lowest BCUT2D eigenvalue weighted by molar-refractivity contribution is -0.517. The second-order valence-corrected chi connectivity index (χ2v) is 7.35. The molecule has 0 atom stereocenters. The molecule has 0 aromatic heterocycles. The summed E-state index contributed by atoms with van der Waals surface area (Å²) in [6.45, 7) is 11.2. The van der Waals surface area contributed by atoms with Gasteiger partial charge in [0, 0.05) is 12.8 Å². The van der Waals surface area contributed by atoms with Gasteiger partial charge in [0.2, 0.25) is 0 Å². The Morgan fingerprint density at radius 1 is 0.654 bits per heavy atom. The molecule has 154 valence electrons. The van der Waals surface area contributed by atoms with Gasteiger partial charge in [0.05, 0.1) is 0 Å². The molecule has 0 spiro atoms. The van der Waals surface area contributed by atoms with E-state index in [4.69, 9.17) is 9.78 Å². The zero-order valence-corrected chi connectivity index (χ0v) is 16.9. The normalized spacial score (nSPS) is 12.1. The lowest BCUT2D eigenvalue weighted by Crippen LogP contribution is -2.24. The van der Waals surface area contributed by atoms with E-state index in [0.717, 1.165) is 25.7 Å². The van der Waals surface area contributed by atoms with Crippen molar-refractivity contribution >= 4 is 11.9 Å². The quantitative estimate of drug-likeness (QED) is 0.233. The number of hydrogen-bond acceptors (Lipinski definition) is 8.